The lowest BCUT2D eigenvalue weighted by Crippen LogP contribution is -3.00. The van der Waals surface area contributed by atoms with Gasteiger partial charge in [-0.15, -0.1) is 0 Å². The molecule has 0 amide bonds. The third kappa shape index (κ3) is 6.99. The summed E-state index contributed by atoms with van der Waals surface area (Å²) in [5.41, 5.74) is 1.09. The third-order valence-electron chi connectivity index (χ3n) is 6.14. The molecule has 2 aliphatic rings. The average Bonchev–Trinajstić information content (AvgIpc) is 2.88. The van der Waals surface area contributed by atoms with Gasteiger partial charge in [-0.3, -0.25) is 4.90 Å². The fourth-order valence-corrected chi connectivity index (χ4v) is 5.66. The molecule has 0 aliphatic carbocycles. The van der Waals surface area contributed by atoms with Gasteiger partial charge in [0.1, 0.15) is 24.2 Å². The van der Waals surface area contributed by atoms with Crippen molar-refractivity contribution >= 4 is 15.7 Å². The lowest BCUT2D eigenvalue weighted by Gasteiger charge is -2.37. The van der Waals surface area contributed by atoms with Crippen LogP contribution in [0.15, 0.2) is 53.4 Å². The quantitative estimate of drug-likeness (QED) is 0.413. The van der Waals surface area contributed by atoms with Crippen LogP contribution in [0.5, 0.6) is 11.5 Å². The molecule has 1 atom stereocenters. The molecule has 0 saturated carbocycles. The summed E-state index contributed by atoms with van der Waals surface area (Å²) in [6.45, 7) is 5.58. The highest BCUT2D eigenvalue weighted by Gasteiger charge is 2.26. The number of hydrogen-bond acceptors (Lipinski definition) is 8. The first-order chi connectivity index (χ1) is 16.5. The van der Waals surface area contributed by atoms with E-state index in [0.717, 1.165) is 37.6 Å². The van der Waals surface area contributed by atoms with Crippen molar-refractivity contribution in [3.8, 4) is 11.5 Å². The normalized spacial score (nSPS) is 18.5. The number of β-amino-alcohol motifs (C(OH)–C–C–N with tert-alkyl or cyclic N) is 1. The summed E-state index contributed by atoms with van der Waals surface area (Å²) in [7, 11) is -1.85. The average molecular weight is 527 g/mol. The van der Waals surface area contributed by atoms with Gasteiger partial charge in [0.25, 0.3) is 0 Å². The Labute approximate surface area is 213 Å². The minimum atomic E-state index is -3.53. The van der Waals surface area contributed by atoms with Crippen LogP contribution in [-0.4, -0.2) is 102 Å². The second-order valence-electron chi connectivity index (χ2n) is 8.41. The Bertz CT molecular complexity index is 1030. The van der Waals surface area contributed by atoms with Gasteiger partial charge in [0.15, 0.2) is 0 Å². The number of aliphatic hydroxyl groups excluding tert-OH is 1. The molecule has 4 rings (SSSR count). The van der Waals surface area contributed by atoms with Crippen LogP contribution >= 0.6 is 0 Å². The Morgan fingerprint density at radius 2 is 1.63 bits per heavy atom. The lowest BCUT2D eigenvalue weighted by atomic mass is 10.2. The van der Waals surface area contributed by atoms with Gasteiger partial charge in [-0.05, 0) is 36.4 Å². The first kappa shape index (κ1) is 27.5. The zero-order valence-electron chi connectivity index (χ0n) is 19.9. The smallest absolute Gasteiger partial charge is 0.243 e. The second kappa shape index (κ2) is 12.8. The van der Waals surface area contributed by atoms with Crippen LogP contribution in [0.25, 0.3) is 0 Å². The molecule has 0 bridgehead atoms. The van der Waals surface area contributed by atoms with Crippen molar-refractivity contribution in [1.82, 2.24) is 9.21 Å². The van der Waals surface area contributed by atoms with Gasteiger partial charge in [0.05, 0.1) is 30.9 Å². The van der Waals surface area contributed by atoms with Crippen molar-refractivity contribution in [1.29, 1.82) is 0 Å². The maximum absolute atomic E-state index is 12.7. The van der Waals surface area contributed by atoms with Crippen LogP contribution in [-0.2, 0) is 14.8 Å². The van der Waals surface area contributed by atoms with Crippen molar-refractivity contribution in [2.24, 2.45) is 0 Å². The van der Waals surface area contributed by atoms with E-state index in [1.165, 1.54) is 4.31 Å². The van der Waals surface area contributed by atoms with Gasteiger partial charge >= 0.3 is 0 Å². The van der Waals surface area contributed by atoms with E-state index in [4.69, 9.17) is 14.2 Å². The number of anilines is 1. The number of methoxy groups -OCH3 is 1. The van der Waals surface area contributed by atoms with Crippen LogP contribution in [0.1, 0.15) is 0 Å². The van der Waals surface area contributed by atoms with E-state index in [1.54, 1.807) is 31.4 Å². The molecular weight excluding hydrogens is 494 g/mol. The Balaban J connectivity index is 0.00000342. The number of ether oxygens (including phenoxy) is 3. The highest BCUT2D eigenvalue weighted by molar-refractivity contribution is 7.89. The van der Waals surface area contributed by atoms with Gasteiger partial charge in [0, 0.05) is 45.8 Å². The van der Waals surface area contributed by atoms with E-state index in [9.17, 15) is 13.5 Å². The lowest BCUT2D eigenvalue weighted by molar-refractivity contribution is -0.0000123. The molecule has 2 fully saturated rings. The number of aliphatic hydroxyl groups is 1. The summed E-state index contributed by atoms with van der Waals surface area (Å²) in [6.07, 6.45) is -0.644. The summed E-state index contributed by atoms with van der Waals surface area (Å²) < 4.78 is 43.3. The van der Waals surface area contributed by atoms with Gasteiger partial charge in [-0.25, -0.2) is 8.42 Å². The zero-order chi connectivity index (χ0) is 24.0. The topological polar surface area (TPSA) is 91.8 Å². The molecule has 2 aromatic rings. The number of hydrogen-bond donors (Lipinski definition) is 1. The van der Waals surface area contributed by atoms with Gasteiger partial charge < -0.3 is 36.6 Å². The molecule has 2 saturated heterocycles. The summed E-state index contributed by atoms with van der Waals surface area (Å²) in [4.78, 5) is 4.75. The predicted octanol–water partition coefficient (Wildman–Crippen LogP) is -1.72. The molecule has 2 aromatic carbocycles. The molecule has 11 heteroatoms. The molecule has 0 radical (unpaired) electrons. The zero-order valence-corrected chi connectivity index (χ0v) is 21.5. The van der Waals surface area contributed by atoms with E-state index < -0.39 is 16.1 Å². The first-order valence-corrected chi connectivity index (χ1v) is 13.0. The van der Waals surface area contributed by atoms with Crippen LogP contribution in [0, 0.1) is 0 Å². The number of nitrogens with zero attached hydrogens (tertiary/aromatic N) is 3. The third-order valence-corrected chi connectivity index (χ3v) is 8.05. The van der Waals surface area contributed by atoms with E-state index in [-0.39, 0.29) is 23.9 Å². The van der Waals surface area contributed by atoms with Crippen molar-refractivity contribution in [3.05, 3.63) is 48.5 Å². The second-order valence-corrected chi connectivity index (χ2v) is 10.4. The number of para-hydroxylation sites is 2. The van der Waals surface area contributed by atoms with Crippen molar-refractivity contribution in [2.75, 3.05) is 77.6 Å². The highest BCUT2D eigenvalue weighted by Crippen LogP contribution is 2.28. The Morgan fingerprint density at radius 1 is 0.971 bits per heavy atom. The molecule has 1 N–H and O–H groups in total. The number of rotatable bonds is 9. The van der Waals surface area contributed by atoms with Crippen LogP contribution < -0.4 is 26.8 Å². The maximum Gasteiger partial charge on any atom is 0.243 e. The number of benzene rings is 2. The van der Waals surface area contributed by atoms with E-state index in [1.807, 2.05) is 18.2 Å². The molecule has 2 aliphatic heterocycles. The SMILES string of the molecule is COc1ccccc1N1CCN(CC(O)COc2ccc(S(=O)(=O)N3CCOCC3)cc2)CC1.[Cl-]. The first-order valence-electron chi connectivity index (χ1n) is 11.6. The Morgan fingerprint density at radius 3 is 2.29 bits per heavy atom. The molecule has 1 unspecified atom stereocenters. The number of piperazine rings is 1. The molecular formula is C24H33ClN3O6S-. The molecule has 194 valence electrons. The summed E-state index contributed by atoms with van der Waals surface area (Å²) in [6, 6.07) is 14.4. The van der Waals surface area contributed by atoms with Crippen LogP contribution in [0.3, 0.4) is 0 Å². The number of morpholine rings is 1. The minimum absolute atomic E-state index is 0. The Hall–Kier alpha value is -2.08. The monoisotopic (exact) mass is 526 g/mol. The highest BCUT2D eigenvalue weighted by atomic mass is 35.5. The molecule has 0 spiro atoms. The molecule has 2 heterocycles. The predicted molar refractivity (Wildman–Crippen MR) is 129 cm³/mol. The van der Waals surface area contributed by atoms with E-state index in [2.05, 4.69) is 15.9 Å². The van der Waals surface area contributed by atoms with Crippen LogP contribution in [0.4, 0.5) is 5.69 Å². The van der Waals surface area contributed by atoms with Gasteiger partial charge in [0.2, 0.25) is 10.0 Å². The minimum Gasteiger partial charge on any atom is -1.00 e. The summed E-state index contributed by atoms with van der Waals surface area (Å²) >= 11 is 0. The van der Waals surface area contributed by atoms with E-state index in [0.29, 0.717) is 38.6 Å². The molecule has 0 aromatic heterocycles. The van der Waals surface area contributed by atoms with Crippen LogP contribution in [0.2, 0.25) is 0 Å². The maximum atomic E-state index is 12.7. The fraction of sp³-hybridized carbons (Fsp3) is 0.500. The van der Waals surface area contributed by atoms with Gasteiger partial charge in [-0.2, -0.15) is 4.31 Å². The number of sulfonamides is 1. The van der Waals surface area contributed by atoms with Crippen molar-refractivity contribution in [3.63, 3.8) is 0 Å². The number of halogens is 1. The standard InChI is InChI=1S/C24H33N3O6S.ClH/c1-31-24-5-3-2-4-23(24)26-12-10-25(11-13-26)18-20(28)19-33-21-6-8-22(9-7-21)34(29,30)27-14-16-32-17-15-27;/h2-9,20,28H,10-19H2,1H3;1H/p-1. The largest absolute Gasteiger partial charge is 1.00 e. The van der Waals surface area contributed by atoms with Gasteiger partial charge in [-0.1, -0.05) is 12.1 Å². The summed E-state index contributed by atoms with van der Waals surface area (Å²) in [5.74, 6) is 1.40. The van der Waals surface area contributed by atoms with Crippen molar-refractivity contribution < 1.29 is 40.1 Å². The Kier molecular flexibility index (Phi) is 10.0. The fourth-order valence-electron chi connectivity index (χ4n) is 4.25. The molecule has 35 heavy (non-hydrogen) atoms. The summed E-state index contributed by atoms with van der Waals surface area (Å²) in [5, 5.41) is 10.5. The molecule has 9 nitrogen and oxygen atoms in total. The van der Waals surface area contributed by atoms with E-state index >= 15 is 0 Å². The van der Waals surface area contributed by atoms with Crippen molar-refractivity contribution in [2.45, 2.75) is 11.0 Å².